The average Bonchev–Trinajstić information content (AvgIpc) is 3.59. The Labute approximate surface area is 352 Å². The second-order valence-corrected chi connectivity index (χ2v) is 17.2. The summed E-state index contributed by atoms with van der Waals surface area (Å²) in [6.07, 6.45) is 0.322. The number of alkyl halides is 1. The number of halogens is 3. The Balaban J connectivity index is 1.62. The summed E-state index contributed by atoms with van der Waals surface area (Å²) in [6.45, 7) is 8.72. The summed E-state index contributed by atoms with van der Waals surface area (Å²) in [5.41, 5.74) is -1.80. The molecule has 18 heteroatoms. The Morgan fingerprint density at radius 2 is 1.73 bits per heavy atom. The number of carboxylic acids is 1. The van der Waals surface area contributed by atoms with Gasteiger partial charge in [-0.25, -0.2) is 22.9 Å². The van der Waals surface area contributed by atoms with Gasteiger partial charge in [0.25, 0.3) is 5.91 Å². The minimum absolute atomic E-state index is 0.00921. The van der Waals surface area contributed by atoms with E-state index in [1.807, 2.05) is 30.3 Å². The Morgan fingerprint density at radius 1 is 1.05 bits per heavy atom. The van der Waals surface area contributed by atoms with Crippen molar-refractivity contribution < 1.29 is 47.4 Å². The van der Waals surface area contributed by atoms with Gasteiger partial charge in [0.15, 0.2) is 0 Å². The molecule has 0 radical (unpaired) electrons. The van der Waals surface area contributed by atoms with Crippen LogP contribution in [-0.2, 0) is 30.5 Å². The predicted octanol–water partition coefficient (Wildman–Crippen LogP) is 3.97. The highest BCUT2D eigenvalue weighted by molar-refractivity contribution is 8.00. The van der Waals surface area contributed by atoms with E-state index >= 15 is 4.39 Å². The second kappa shape index (κ2) is 21.5. The van der Waals surface area contributed by atoms with Crippen LogP contribution in [0.3, 0.4) is 0 Å². The SMILES string of the molecule is CC[C@@](C)(F)CNCCCN(C(=O)[C@H](C)O)[C@@H](c1nc(-c2cc(F)ccc2F)cn1Cc1ccccc1)C(C)(C)CC(=O)NCCNC(=O)CC1SC[C@@H](C(=O)O)NC1=O. The lowest BCUT2D eigenvalue weighted by Crippen LogP contribution is -2.51. The molecule has 14 nitrogen and oxygen atoms in total. The molecule has 0 saturated carbocycles. The quantitative estimate of drug-likeness (QED) is 0.0806. The maximum Gasteiger partial charge on any atom is 0.327 e. The third-order valence-electron chi connectivity index (χ3n) is 10.3. The molecule has 4 amide bonds. The molecule has 5 atom stereocenters. The summed E-state index contributed by atoms with van der Waals surface area (Å²) in [7, 11) is 0. The number of rotatable bonds is 22. The first kappa shape index (κ1) is 47.7. The smallest absolute Gasteiger partial charge is 0.327 e. The zero-order valence-corrected chi connectivity index (χ0v) is 35.4. The van der Waals surface area contributed by atoms with Crippen LogP contribution in [0.15, 0.2) is 54.7 Å². The third-order valence-corrected chi connectivity index (χ3v) is 11.6. The van der Waals surface area contributed by atoms with Crippen molar-refractivity contribution in [3.05, 3.63) is 77.8 Å². The molecule has 4 rings (SSSR count). The van der Waals surface area contributed by atoms with Crippen molar-refractivity contribution in [3.8, 4) is 11.3 Å². The molecule has 328 valence electrons. The van der Waals surface area contributed by atoms with Crippen LogP contribution in [0.5, 0.6) is 0 Å². The summed E-state index contributed by atoms with van der Waals surface area (Å²) in [5, 5.41) is 30.0. The standard InChI is InChI=1S/C42H56F3N7O7S/c1-6-42(5,45)25-46-15-10-18-52(39(57)26(2)53)36(37-49-31(29-19-28(43)13-14-30(29)44)23-51(37)22-27-11-8-7-9-12-27)41(3,4)21-35(55)48-17-16-47-34(54)20-33-38(56)50-32(24-60-33)40(58)59/h7-9,11-14,19,23,26,32-33,36,46,53H,6,10,15-18,20-22,24-25H2,1-5H3,(H,47,54)(H,48,55)(H,50,56)(H,58,59)/t26-,32-,33?,36-,42+/m0/s1. The van der Waals surface area contributed by atoms with Crippen molar-refractivity contribution in [2.75, 3.05) is 38.5 Å². The van der Waals surface area contributed by atoms with Crippen molar-refractivity contribution in [2.45, 2.75) is 96.0 Å². The Bertz CT molecular complexity index is 1960. The molecule has 1 aliphatic rings. The molecule has 1 saturated heterocycles. The van der Waals surface area contributed by atoms with Gasteiger partial charge in [-0.15, -0.1) is 11.8 Å². The number of carboxylic acid groups (broad SMARTS) is 1. The molecular weight excluding hydrogens is 804 g/mol. The molecule has 1 fully saturated rings. The lowest BCUT2D eigenvalue weighted by molar-refractivity contribution is -0.146. The van der Waals surface area contributed by atoms with Crippen LogP contribution >= 0.6 is 11.8 Å². The van der Waals surface area contributed by atoms with E-state index < -0.39 is 75.8 Å². The number of amides is 4. The van der Waals surface area contributed by atoms with Gasteiger partial charge in [-0.3, -0.25) is 19.2 Å². The zero-order chi connectivity index (χ0) is 44.2. The van der Waals surface area contributed by atoms with Crippen molar-refractivity contribution in [3.63, 3.8) is 0 Å². The summed E-state index contributed by atoms with van der Waals surface area (Å²) in [4.78, 5) is 70.1. The van der Waals surface area contributed by atoms with E-state index in [9.17, 15) is 37.9 Å². The molecule has 3 aromatic rings. The van der Waals surface area contributed by atoms with Gasteiger partial charge in [0.1, 0.15) is 35.3 Å². The first-order chi connectivity index (χ1) is 28.3. The molecule has 1 aromatic heterocycles. The van der Waals surface area contributed by atoms with Gasteiger partial charge in [0, 0.05) is 68.5 Å². The molecule has 0 bridgehead atoms. The molecular formula is C42H56F3N7O7S. The molecule has 1 aliphatic heterocycles. The first-order valence-electron chi connectivity index (χ1n) is 19.9. The molecule has 2 heterocycles. The van der Waals surface area contributed by atoms with Crippen LogP contribution in [0, 0.1) is 17.0 Å². The summed E-state index contributed by atoms with van der Waals surface area (Å²) >= 11 is 1.08. The molecule has 2 aromatic carbocycles. The fraction of sp³-hybridized carbons (Fsp3) is 0.524. The van der Waals surface area contributed by atoms with Crippen LogP contribution in [-0.4, -0.2) is 116 Å². The average molecular weight is 860 g/mol. The Kier molecular flexibility index (Phi) is 17.1. The monoisotopic (exact) mass is 859 g/mol. The Hall–Kier alpha value is -4.94. The number of aromatic nitrogens is 2. The van der Waals surface area contributed by atoms with E-state index in [4.69, 9.17) is 10.1 Å². The fourth-order valence-corrected chi connectivity index (χ4v) is 7.98. The summed E-state index contributed by atoms with van der Waals surface area (Å²) in [6, 6.07) is 10.2. The number of carbonyl (C=O) groups excluding carboxylic acids is 4. The van der Waals surface area contributed by atoms with Crippen LogP contribution in [0.25, 0.3) is 11.3 Å². The van der Waals surface area contributed by atoms with Crippen LogP contribution < -0.4 is 21.3 Å². The van der Waals surface area contributed by atoms with E-state index in [1.54, 1.807) is 31.5 Å². The molecule has 0 spiro atoms. The lowest BCUT2D eigenvalue weighted by Gasteiger charge is -2.42. The normalized spacial score (nSPS) is 17.5. The summed E-state index contributed by atoms with van der Waals surface area (Å²) in [5.74, 6) is -4.34. The number of aliphatic hydroxyl groups excluding tert-OH is 1. The van der Waals surface area contributed by atoms with Crippen LogP contribution in [0.4, 0.5) is 13.2 Å². The molecule has 1 unspecified atom stereocenters. The highest BCUT2D eigenvalue weighted by atomic mass is 32.2. The molecule has 0 aliphatic carbocycles. The predicted molar refractivity (Wildman–Crippen MR) is 221 cm³/mol. The van der Waals surface area contributed by atoms with Crippen molar-refractivity contribution in [2.24, 2.45) is 5.41 Å². The van der Waals surface area contributed by atoms with Gasteiger partial charge in [0.2, 0.25) is 17.7 Å². The van der Waals surface area contributed by atoms with E-state index in [0.717, 1.165) is 35.5 Å². The van der Waals surface area contributed by atoms with Gasteiger partial charge in [-0.1, -0.05) is 51.1 Å². The maximum atomic E-state index is 15.3. The van der Waals surface area contributed by atoms with E-state index in [-0.39, 0.29) is 68.4 Å². The van der Waals surface area contributed by atoms with Gasteiger partial charge >= 0.3 is 5.97 Å². The lowest BCUT2D eigenvalue weighted by atomic mass is 9.78. The van der Waals surface area contributed by atoms with Gasteiger partial charge in [-0.05, 0) is 57.0 Å². The highest BCUT2D eigenvalue weighted by Crippen LogP contribution is 2.42. The number of benzene rings is 2. The van der Waals surface area contributed by atoms with Crippen molar-refractivity contribution in [1.82, 2.24) is 35.7 Å². The topological polar surface area (TPSA) is 195 Å². The highest BCUT2D eigenvalue weighted by Gasteiger charge is 2.43. The van der Waals surface area contributed by atoms with Gasteiger partial charge in [-0.2, -0.15) is 0 Å². The van der Waals surface area contributed by atoms with E-state index in [2.05, 4.69) is 21.3 Å². The fourth-order valence-electron chi connectivity index (χ4n) is 6.84. The number of thioether (sulfide) groups is 1. The Morgan fingerprint density at radius 3 is 2.37 bits per heavy atom. The number of imidazole rings is 1. The number of nitrogens with zero attached hydrogens (tertiary/aromatic N) is 3. The maximum absolute atomic E-state index is 15.3. The minimum Gasteiger partial charge on any atom is -0.480 e. The zero-order valence-electron chi connectivity index (χ0n) is 34.6. The number of hydrogen-bond donors (Lipinski definition) is 6. The number of hydrogen-bond acceptors (Lipinski definition) is 9. The number of carbonyl (C=O) groups is 5. The van der Waals surface area contributed by atoms with Gasteiger partial charge in [0.05, 0.1) is 17.0 Å². The largest absolute Gasteiger partial charge is 0.480 e. The van der Waals surface area contributed by atoms with Crippen LogP contribution in [0.1, 0.15) is 77.7 Å². The van der Waals surface area contributed by atoms with E-state index in [0.29, 0.717) is 19.4 Å². The first-order valence-corrected chi connectivity index (χ1v) is 21.0. The third kappa shape index (κ3) is 13.5. The van der Waals surface area contributed by atoms with Crippen molar-refractivity contribution >= 4 is 41.4 Å². The second-order valence-electron chi connectivity index (χ2n) is 15.9. The van der Waals surface area contributed by atoms with Crippen molar-refractivity contribution in [1.29, 1.82) is 0 Å². The number of aliphatic carboxylic acids is 1. The van der Waals surface area contributed by atoms with Crippen LogP contribution in [0.2, 0.25) is 0 Å². The number of nitrogens with one attached hydrogen (secondary N) is 4. The molecule has 60 heavy (non-hydrogen) atoms. The molecule has 6 N–H and O–H groups in total. The number of aliphatic hydroxyl groups is 1. The summed E-state index contributed by atoms with van der Waals surface area (Å²) < 4.78 is 46.2. The van der Waals surface area contributed by atoms with Gasteiger partial charge < -0.3 is 40.9 Å². The minimum atomic E-state index is -1.47. The van der Waals surface area contributed by atoms with E-state index in [1.165, 1.54) is 18.7 Å².